The third-order valence-electron chi connectivity index (χ3n) is 2.54. The fourth-order valence-corrected chi connectivity index (χ4v) is 2.56. The second-order valence-corrected chi connectivity index (χ2v) is 5.43. The summed E-state index contributed by atoms with van der Waals surface area (Å²) in [5.74, 6) is 2.63. The first kappa shape index (κ1) is 13.2. The molecule has 3 nitrogen and oxygen atoms in total. The van der Waals surface area contributed by atoms with Gasteiger partial charge in [-0.2, -0.15) is 11.8 Å². The summed E-state index contributed by atoms with van der Waals surface area (Å²) in [7, 11) is 0. The molecule has 1 aromatic carbocycles. The van der Waals surface area contributed by atoms with E-state index < -0.39 is 0 Å². The van der Waals surface area contributed by atoms with Gasteiger partial charge in [0.2, 0.25) is 5.89 Å². The van der Waals surface area contributed by atoms with Crippen molar-refractivity contribution < 1.29 is 4.42 Å². The zero-order valence-corrected chi connectivity index (χ0v) is 11.3. The van der Waals surface area contributed by atoms with Crippen LogP contribution in [0.25, 0.3) is 11.5 Å². The van der Waals surface area contributed by atoms with Crippen molar-refractivity contribution in [3.8, 4) is 11.5 Å². The SMILES string of the molecule is CC(N)CCSCc1coc(-c2ccccc2)n1. The lowest BCUT2D eigenvalue weighted by atomic mass is 10.2. The molecule has 0 radical (unpaired) electrons. The van der Waals surface area contributed by atoms with E-state index in [0.29, 0.717) is 5.89 Å². The van der Waals surface area contributed by atoms with E-state index in [1.54, 1.807) is 6.26 Å². The van der Waals surface area contributed by atoms with E-state index in [4.69, 9.17) is 10.2 Å². The largest absolute Gasteiger partial charge is 0.444 e. The molecule has 0 aliphatic carbocycles. The van der Waals surface area contributed by atoms with Crippen molar-refractivity contribution >= 4 is 11.8 Å². The zero-order chi connectivity index (χ0) is 12.8. The van der Waals surface area contributed by atoms with Crippen LogP contribution in [0.5, 0.6) is 0 Å². The number of benzene rings is 1. The van der Waals surface area contributed by atoms with E-state index in [0.717, 1.165) is 29.2 Å². The lowest BCUT2D eigenvalue weighted by Gasteiger charge is -2.02. The average molecular weight is 262 g/mol. The van der Waals surface area contributed by atoms with Gasteiger partial charge in [-0.1, -0.05) is 18.2 Å². The first-order valence-electron chi connectivity index (χ1n) is 6.09. The van der Waals surface area contributed by atoms with Crippen molar-refractivity contribution in [2.24, 2.45) is 5.73 Å². The molecule has 2 rings (SSSR count). The molecule has 4 heteroatoms. The highest BCUT2D eigenvalue weighted by Gasteiger charge is 2.06. The minimum Gasteiger partial charge on any atom is -0.444 e. The van der Waals surface area contributed by atoms with Gasteiger partial charge < -0.3 is 10.2 Å². The first-order valence-corrected chi connectivity index (χ1v) is 7.24. The van der Waals surface area contributed by atoms with Gasteiger partial charge in [-0.15, -0.1) is 0 Å². The van der Waals surface area contributed by atoms with Gasteiger partial charge in [0.15, 0.2) is 0 Å². The summed E-state index contributed by atoms with van der Waals surface area (Å²) in [5.41, 5.74) is 7.71. The molecule has 0 spiro atoms. The molecule has 1 atom stereocenters. The summed E-state index contributed by atoms with van der Waals surface area (Å²) in [6.07, 6.45) is 2.77. The number of aromatic nitrogens is 1. The van der Waals surface area contributed by atoms with Gasteiger partial charge in [0.05, 0.1) is 5.69 Å². The van der Waals surface area contributed by atoms with E-state index in [9.17, 15) is 0 Å². The number of nitrogens with two attached hydrogens (primary N) is 1. The molecule has 18 heavy (non-hydrogen) atoms. The minimum atomic E-state index is 0.273. The Labute approximate surface area is 112 Å². The first-order chi connectivity index (χ1) is 8.75. The fraction of sp³-hybridized carbons (Fsp3) is 0.357. The topological polar surface area (TPSA) is 52.0 Å². The highest BCUT2D eigenvalue weighted by molar-refractivity contribution is 7.98. The van der Waals surface area contributed by atoms with Gasteiger partial charge >= 0.3 is 0 Å². The number of rotatable bonds is 6. The number of hydrogen-bond acceptors (Lipinski definition) is 4. The molecule has 0 aliphatic rings. The molecule has 0 bridgehead atoms. The summed E-state index contributed by atoms with van der Waals surface area (Å²) in [6, 6.07) is 10.2. The predicted molar refractivity (Wildman–Crippen MR) is 76.4 cm³/mol. The third-order valence-corrected chi connectivity index (χ3v) is 3.56. The van der Waals surface area contributed by atoms with Crippen molar-refractivity contribution in [3.63, 3.8) is 0 Å². The molecule has 2 N–H and O–H groups in total. The van der Waals surface area contributed by atoms with E-state index in [1.807, 2.05) is 49.0 Å². The van der Waals surface area contributed by atoms with Crippen LogP contribution in [0.2, 0.25) is 0 Å². The average Bonchev–Trinajstić information content (AvgIpc) is 2.84. The molecule has 1 aromatic heterocycles. The predicted octanol–water partition coefficient (Wildman–Crippen LogP) is 3.31. The maximum absolute atomic E-state index is 5.70. The molecule has 0 fully saturated rings. The molecular formula is C14H18N2OS. The van der Waals surface area contributed by atoms with E-state index in [2.05, 4.69) is 4.98 Å². The zero-order valence-electron chi connectivity index (χ0n) is 10.5. The molecule has 0 amide bonds. The standard InChI is InChI=1S/C14H18N2OS/c1-11(15)7-8-18-10-13-9-17-14(16-13)12-5-3-2-4-6-12/h2-6,9,11H,7-8,10,15H2,1H3. The molecule has 0 saturated carbocycles. The second-order valence-electron chi connectivity index (χ2n) is 4.33. The molecule has 1 heterocycles. The lowest BCUT2D eigenvalue weighted by molar-refractivity contribution is 0.573. The molecule has 96 valence electrons. The molecule has 0 aliphatic heterocycles. The molecule has 2 aromatic rings. The minimum absolute atomic E-state index is 0.273. The summed E-state index contributed by atoms with van der Waals surface area (Å²) in [4.78, 5) is 4.48. The summed E-state index contributed by atoms with van der Waals surface area (Å²) in [5, 5.41) is 0. The lowest BCUT2D eigenvalue weighted by Crippen LogP contribution is -2.15. The van der Waals surface area contributed by atoms with E-state index >= 15 is 0 Å². The van der Waals surface area contributed by atoms with Crippen LogP contribution in [0.3, 0.4) is 0 Å². The van der Waals surface area contributed by atoms with Crippen LogP contribution < -0.4 is 5.73 Å². The number of oxazole rings is 1. The van der Waals surface area contributed by atoms with Gasteiger partial charge in [-0.05, 0) is 31.2 Å². The van der Waals surface area contributed by atoms with Crippen molar-refractivity contribution in [3.05, 3.63) is 42.3 Å². The van der Waals surface area contributed by atoms with Crippen LogP contribution in [0.1, 0.15) is 19.0 Å². The normalized spacial score (nSPS) is 12.6. The number of nitrogens with zero attached hydrogens (tertiary/aromatic N) is 1. The van der Waals surface area contributed by atoms with Crippen LogP contribution in [0.15, 0.2) is 41.0 Å². The highest BCUT2D eigenvalue weighted by Crippen LogP contribution is 2.20. The van der Waals surface area contributed by atoms with Crippen LogP contribution in [-0.2, 0) is 5.75 Å². The van der Waals surface area contributed by atoms with Gasteiger partial charge in [0.1, 0.15) is 6.26 Å². The third kappa shape index (κ3) is 3.89. The fourth-order valence-electron chi connectivity index (χ4n) is 1.53. The van der Waals surface area contributed by atoms with E-state index in [-0.39, 0.29) is 6.04 Å². The van der Waals surface area contributed by atoms with Crippen LogP contribution in [0.4, 0.5) is 0 Å². The second kappa shape index (κ2) is 6.61. The summed E-state index contributed by atoms with van der Waals surface area (Å²) in [6.45, 7) is 2.03. The Balaban J connectivity index is 1.87. The van der Waals surface area contributed by atoms with E-state index in [1.165, 1.54) is 0 Å². The summed E-state index contributed by atoms with van der Waals surface area (Å²) >= 11 is 1.84. The molecule has 0 saturated heterocycles. The Morgan fingerprint density at radius 1 is 1.33 bits per heavy atom. The van der Waals surface area contributed by atoms with Gasteiger partial charge in [-0.25, -0.2) is 4.98 Å². The van der Waals surface area contributed by atoms with Crippen LogP contribution in [-0.4, -0.2) is 16.8 Å². The Bertz CT molecular complexity index is 468. The number of thioether (sulfide) groups is 1. The maximum Gasteiger partial charge on any atom is 0.226 e. The van der Waals surface area contributed by atoms with Crippen molar-refractivity contribution in [2.75, 3.05) is 5.75 Å². The molecule has 1 unspecified atom stereocenters. The monoisotopic (exact) mass is 262 g/mol. The quantitative estimate of drug-likeness (QED) is 0.811. The maximum atomic E-state index is 5.70. The Morgan fingerprint density at radius 3 is 2.83 bits per heavy atom. The Hall–Kier alpha value is -1.26. The van der Waals surface area contributed by atoms with Crippen molar-refractivity contribution in [2.45, 2.75) is 25.1 Å². The smallest absolute Gasteiger partial charge is 0.226 e. The van der Waals surface area contributed by atoms with Crippen LogP contribution in [0, 0.1) is 0 Å². The highest BCUT2D eigenvalue weighted by atomic mass is 32.2. The van der Waals surface area contributed by atoms with Crippen LogP contribution >= 0.6 is 11.8 Å². The number of hydrogen-bond donors (Lipinski definition) is 1. The Kier molecular flexibility index (Phi) is 4.84. The van der Waals surface area contributed by atoms with Gasteiger partial charge in [0.25, 0.3) is 0 Å². The summed E-state index contributed by atoms with van der Waals surface area (Å²) < 4.78 is 5.48. The van der Waals surface area contributed by atoms with Crippen molar-refractivity contribution in [1.29, 1.82) is 0 Å². The van der Waals surface area contributed by atoms with Gasteiger partial charge in [-0.3, -0.25) is 0 Å². The molecular weight excluding hydrogens is 244 g/mol. The van der Waals surface area contributed by atoms with Gasteiger partial charge in [0, 0.05) is 17.4 Å². The Morgan fingerprint density at radius 2 is 2.11 bits per heavy atom. The van der Waals surface area contributed by atoms with Crippen molar-refractivity contribution in [1.82, 2.24) is 4.98 Å².